The largest absolute Gasteiger partial charge is 0.444 e. The summed E-state index contributed by atoms with van der Waals surface area (Å²) in [5, 5.41) is 15.1. The van der Waals surface area contributed by atoms with Crippen molar-refractivity contribution < 1.29 is 9.53 Å². The first kappa shape index (κ1) is 19.6. The molecule has 1 aromatic rings. The molecule has 0 aliphatic carbocycles. The Morgan fingerprint density at radius 1 is 1.38 bits per heavy atom. The number of alkyl carbamates (subject to hydrolysis) is 1. The van der Waals surface area contributed by atoms with Crippen LogP contribution in [0.5, 0.6) is 0 Å². The molecule has 7 nitrogen and oxygen atoms in total. The van der Waals surface area contributed by atoms with Crippen LogP contribution in [0.3, 0.4) is 0 Å². The molecule has 140 valence electrons. The van der Waals surface area contributed by atoms with E-state index < -0.39 is 5.60 Å². The third-order valence-electron chi connectivity index (χ3n) is 3.95. The predicted molar refractivity (Wildman–Crippen MR) is 101 cm³/mol. The Morgan fingerprint density at radius 3 is 2.65 bits per heavy atom. The standard InChI is InChI=1S/C19H27N5O2/c1-19(2,3)26-18(25)23-16-9-10-24(13-16)17(21-4)22-12-15-7-5-14(11-20)6-8-15/h5-8,16H,9-10,12-13H2,1-4H3,(H,21,22)(H,23,25). The number of likely N-dealkylation sites (tertiary alicyclic amines) is 1. The fourth-order valence-electron chi connectivity index (χ4n) is 2.76. The number of amides is 1. The van der Waals surface area contributed by atoms with Gasteiger partial charge in [0.25, 0.3) is 0 Å². The molecule has 1 aromatic carbocycles. The van der Waals surface area contributed by atoms with Crippen LogP contribution in [-0.2, 0) is 11.3 Å². The van der Waals surface area contributed by atoms with Gasteiger partial charge in [0, 0.05) is 26.7 Å². The average Bonchev–Trinajstić information content (AvgIpc) is 3.02. The Morgan fingerprint density at radius 2 is 2.08 bits per heavy atom. The third-order valence-corrected chi connectivity index (χ3v) is 3.95. The molecule has 1 aliphatic rings. The second-order valence-corrected chi connectivity index (χ2v) is 7.29. The van der Waals surface area contributed by atoms with Crippen LogP contribution in [0.25, 0.3) is 0 Å². The maximum absolute atomic E-state index is 11.9. The molecular formula is C19H27N5O2. The molecule has 1 aliphatic heterocycles. The number of hydrogen-bond donors (Lipinski definition) is 2. The highest BCUT2D eigenvalue weighted by Gasteiger charge is 2.27. The number of guanidine groups is 1. The molecule has 0 radical (unpaired) electrons. The fourth-order valence-corrected chi connectivity index (χ4v) is 2.76. The lowest BCUT2D eigenvalue weighted by Crippen LogP contribution is -2.44. The minimum Gasteiger partial charge on any atom is -0.444 e. The molecule has 1 unspecified atom stereocenters. The van der Waals surface area contributed by atoms with E-state index in [-0.39, 0.29) is 12.1 Å². The quantitative estimate of drug-likeness (QED) is 0.640. The number of ether oxygens (including phenoxy) is 1. The van der Waals surface area contributed by atoms with Crippen molar-refractivity contribution in [3.8, 4) is 6.07 Å². The Balaban J connectivity index is 1.83. The van der Waals surface area contributed by atoms with Crippen LogP contribution in [0, 0.1) is 11.3 Å². The number of aliphatic imine (C=N–C) groups is 1. The lowest BCUT2D eigenvalue weighted by molar-refractivity contribution is 0.0507. The summed E-state index contributed by atoms with van der Waals surface area (Å²) in [7, 11) is 1.75. The van der Waals surface area contributed by atoms with Crippen LogP contribution in [0.2, 0.25) is 0 Å². The Hall–Kier alpha value is -2.75. The summed E-state index contributed by atoms with van der Waals surface area (Å²) in [5.74, 6) is 0.794. The molecule has 2 N–H and O–H groups in total. The molecule has 0 spiro atoms. The smallest absolute Gasteiger partial charge is 0.407 e. The SMILES string of the molecule is CN=C(NCc1ccc(C#N)cc1)N1CCC(NC(=O)OC(C)(C)C)C1. The van der Waals surface area contributed by atoms with E-state index in [0.29, 0.717) is 18.7 Å². The number of hydrogen-bond acceptors (Lipinski definition) is 4. The zero-order valence-electron chi connectivity index (χ0n) is 15.9. The van der Waals surface area contributed by atoms with Gasteiger partial charge in [0.2, 0.25) is 0 Å². The number of nitrogens with zero attached hydrogens (tertiary/aromatic N) is 3. The average molecular weight is 357 g/mol. The van der Waals surface area contributed by atoms with Crippen molar-refractivity contribution in [2.24, 2.45) is 4.99 Å². The topological polar surface area (TPSA) is 89.8 Å². The Bertz CT molecular complexity index is 685. The van der Waals surface area contributed by atoms with Gasteiger partial charge in [0.05, 0.1) is 17.7 Å². The number of carbonyl (C=O) groups excluding carboxylic acids is 1. The lowest BCUT2D eigenvalue weighted by atomic mass is 10.1. The normalized spacial score (nSPS) is 17.6. The van der Waals surface area contributed by atoms with E-state index in [4.69, 9.17) is 10.00 Å². The molecule has 1 atom stereocenters. The van der Waals surface area contributed by atoms with Gasteiger partial charge in [0.1, 0.15) is 5.60 Å². The van der Waals surface area contributed by atoms with Crippen molar-refractivity contribution in [2.75, 3.05) is 20.1 Å². The number of carbonyl (C=O) groups is 1. The summed E-state index contributed by atoms with van der Waals surface area (Å²) in [4.78, 5) is 18.3. The first-order valence-corrected chi connectivity index (χ1v) is 8.75. The monoisotopic (exact) mass is 357 g/mol. The van der Waals surface area contributed by atoms with Gasteiger partial charge in [-0.2, -0.15) is 5.26 Å². The maximum atomic E-state index is 11.9. The summed E-state index contributed by atoms with van der Waals surface area (Å²) in [6.45, 7) is 7.67. The summed E-state index contributed by atoms with van der Waals surface area (Å²) in [6.07, 6.45) is 0.460. The van der Waals surface area contributed by atoms with Crippen molar-refractivity contribution in [2.45, 2.75) is 45.4 Å². The highest BCUT2D eigenvalue weighted by atomic mass is 16.6. The van der Waals surface area contributed by atoms with Crippen LogP contribution in [-0.4, -0.2) is 48.7 Å². The Labute approximate surface area is 155 Å². The number of benzene rings is 1. The van der Waals surface area contributed by atoms with Gasteiger partial charge in [-0.05, 0) is 44.9 Å². The van der Waals surface area contributed by atoms with Gasteiger partial charge in [-0.15, -0.1) is 0 Å². The molecule has 0 aromatic heterocycles. The maximum Gasteiger partial charge on any atom is 0.407 e. The van der Waals surface area contributed by atoms with Crippen LogP contribution in [0.1, 0.15) is 38.3 Å². The number of nitriles is 1. The zero-order valence-corrected chi connectivity index (χ0v) is 15.9. The van der Waals surface area contributed by atoms with Crippen molar-refractivity contribution in [3.05, 3.63) is 35.4 Å². The van der Waals surface area contributed by atoms with Crippen LogP contribution >= 0.6 is 0 Å². The van der Waals surface area contributed by atoms with Crippen molar-refractivity contribution in [1.29, 1.82) is 5.26 Å². The van der Waals surface area contributed by atoms with E-state index in [1.54, 1.807) is 19.2 Å². The zero-order chi connectivity index (χ0) is 19.2. The van der Waals surface area contributed by atoms with Crippen molar-refractivity contribution in [3.63, 3.8) is 0 Å². The summed E-state index contributed by atoms with van der Waals surface area (Å²) >= 11 is 0. The van der Waals surface area contributed by atoms with E-state index in [1.807, 2.05) is 32.9 Å². The first-order chi connectivity index (χ1) is 12.3. The second-order valence-electron chi connectivity index (χ2n) is 7.29. The summed E-state index contributed by atoms with van der Waals surface area (Å²) < 4.78 is 5.31. The molecule has 0 saturated carbocycles. The van der Waals surface area contributed by atoms with E-state index in [0.717, 1.165) is 24.5 Å². The van der Waals surface area contributed by atoms with Crippen LogP contribution in [0.4, 0.5) is 4.79 Å². The minimum atomic E-state index is -0.499. The minimum absolute atomic E-state index is 0.0401. The van der Waals surface area contributed by atoms with Crippen molar-refractivity contribution >= 4 is 12.1 Å². The number of nitrogens with one attached hydrogen (secondary N) is 2. The van der Waals surface area contributed by atoms with Crippen molar-refractivity contribution in [1.82, 2.24) is 15.5 Å². The van der Waals surface area contributed by atoms with Gasteiger partial charge in [-0.3, -0.25) is 4.99 Å². The fraction of sp³-hybridized carbons (Fsp3) is 0.526. The third kappa shape index (κ3) is 5.96. The molecule has 7 heteroatoms. The van der Waals surface area contributed by atoms with Gasteiger partial charge in [-0.25, -0.2) is 4.79 Å². The first-order valence-electron chi connectivity index (χ1n) is 8.75. The van der Waals surface area contributed by atoms with Crippen LogP contribution in [0.15, 0.2) is 29.3 Å². The molecule has 1 heterocycles. The van der Waals surface area contributed by atoms with Crippen LogP contribution < -0.4 is 10.6 Å². The summed E-state index contributed by atoms with van der Waals surface area (Å²) in [5.41, 5.74) is 1.22. The molecule has 2 rings (SSSR count). The lowest BCUT2D eigenvalue weighted by Gasteiger charge is -2.23. The number of rotatable bonds is 3. The van der Waals surface area contributed by atoms with E-state index >= 15 is 0 Å². The highest BCUT2D eigenvalue weighted by molar-refractivity contribution is 5.80. The van der Waals surface area contributed by atoms with Gasteiger partial charge in [-0.1, -0.05) is 12.1 Å². The molecule has 26 heavy (non-hydrogen) atoms. The molecule has 0 bridgehead atoms. The predicted octanol–water partition coefficient (Wildman–Crippen LogP) is 2.23. The molecule has 1 fully saturated rings. The van der Waals surface area contributed by atoms with Gasteiger partial charge in [0.15, 0.2) is 5.96 Å². The van der Waals surface area contributed by atoms with E-state index in [1.165, 1.54) is 0 Å². The van der Waals surface area contributed by atoms with E-state index in [2.05, 4.69) is 26.6 Å². The second kappa shape index (κ2) is 8.56. The van der Waals surface area contributed by atoms with E-state index in [9.17, 15) is 4.79 Å². The van der Waals surface area contributed by atoms with Gasteiger partial charge >= 0.3 is 6.09 Å². The molecule has 1 saturated heterocycles. The highest BCUT2D eigenvalue weighted by Crippen LogP contribution is 2.12. The van der Waals surface area contributed by atoms with Gasteiger partial charge < -0.3 is 20.3 Å². The molecule has 1 amide bonds. The Kier molecular flexibility index (Phi) is 6.45. The summed E-state index contributed by atoms with van der Waals surface area (Å²) in [6, 6.07) is 9.61. The molecular weight excluding hydrogens is 330 g/mol.